The third-order valence-corrected chi connectivity index (χ3v) is 5.96. The van der Waals surface area contributed by atoms with Gasteiger partial charge in [0.05, 0.1) is 22.0 Å². The number of fused-ring (bicyclic) bond motifs is 1. The van der Waals surface area contributed by atoms with Gasteiger partial charge in [0.2, 0.25) is 0 Å². The zero-order chi connectivity index (χ0) is 26.5. The summed E-state index contributed by atoms with van der Waals surface area (Å²) in [5.41, 5.74) is 10.0. The largest absolute Gasteiger partial charge is 0.462 e. The van der Waals surface area contributed by atoms with Crippen LogP contribution in [0.2, 0.25) is 0 Å². The van der Waals surface area contributed by atoms with Crippen molar-refractivity contribution in [1.82, 2.24) is 14.5 Å². The van der Waals surface area contributed by atoms with Crippen LogP contribution >= 0.6 is 15.9 Å². The number of nitrogens with two attached hydrogens (primary N) is 2. The Morgan fingerprint density at radius 2 is 1.77 bits per heavy atom. The van der Waals surface area contributed by atoms with E-state index in [-0.39, 0.29) is 34.0 Å². The maximum Gasteiger partial charge on any atom is 0.311 e. The second-order valence-corrected chi connectivity index (χ2v) is 11.2. The van der Waals surface area contributed by atoms with Crippen LogP contribution in [0.25, 0.3) is 11.4 Å². The third-order valence-electron chi connectivity index (χ3n) is 5.38. The summed E-state index contributed by atoms with van der Waals surface area (Å²) in [6, 6.07) is 0. The van der Waals surface area contributed by atoms with E-state index in [1.54, 1.807) is 41.5 Å². The van der Waals surface area contributed by atoms with Gasteiger partial charge in [0.15, 0.2) is 12.3 Å². The van der Waals surface area contributed by atoms with Gasteiger partial charge < -0.3 is 30.8 Å². The molecular formula is C22H30BrN5O7. The molecule has 35 heavy (non-hydrogen) atoms. The molecule has 4 atom stereocenters. The highest BCUT2D eigenvalue weighted by Crippen LogP contribution is 2.40. The number of hydrogen-bond donors (Lipinski definition) is 3. The summed E-state index contributed by atoms with van der Waals surface area (Å²) in [7, 11) is 0. The van der Waals surface area contributed by atoms with E-state index in [4.69, 9.17) is 25.7 Å². The van der Waals surface area contributed by atoms with E-state index in [2.05, 4.69) is 25.9 Å². The van der Waals surface area contributed by atoms with Gasteiger partial charge >= 0.3 is 11.9 Å². The second-order valence-electron chi connectivity index (χ2n) is 10.4. The van der Waals surface area contributed by atoms with Crippen LogP contribution in [0.5, 0.6) is 0 Å². The number of rotatable bonds is 5. The van der Waals surface area contributed by atoms with Crippen molar-refractivity contribution in [3.8, 4) is 11.4 Å². The Morgan fingerprint density at radius 1 is 1.17 bits per heavy atom. The molecule has 5 N–H and O–H groups in total. The molecule has 0 unspecified atom stereocenters. The smallest absolute Gasteiger partial charge is 0.311 e. The fraction of sp³-hybridized carbons (Fsp3) is 0.591. The second kappa shape index (κ2) is 9.36. The Bertz CT molecular complexity index is 1120. The number of aromatic nitrogens is 3. The monoisotopic (exact) mass is 555 g/mol. The van der Waals surface area contributed by atoms with E-state index in [0.717, 1.165) is 0 Å². The molecule has 1 saturated heterocycles. The predicted octanol–water partition coefficient (Wildman–Crippen LogP) is 1.63. The Balaban J connectivity index is 1.99. The first-order chi connectivity index (χ1) is 16.0. The molecule has 12 nitrogen and oxygen atoms in total. The van der Waals surface area contributed by atoms with Gasteiger partial charge in [0.25, 0.3) is 5.91 Å². The van der Waals surface area contributed by atoms with Gasteiger partial charge in [-0.3, -0.25) is 19.0 Å². The molecular weight excluding hydrogens is 526 g/mol. The Kier molecular flexibility index (Phi) is 7.17. The van der Waals surface area contributed by atoms with Crippen molar-refractivity contribution in [2.75, 3.05) is 12.3 Å². The highest BCUT2D eigenvalue weighted by Gasteiger charge is 2.50. The van der Waals surface area contributed by atoms with Gasteiger partial charge in [0, 0.05) is 0 Å². The van der Waals surface area contributed by atoms with Crippen molar-refractivity contribution < 1.29 is 33.7 Å². The quantitative estimate of drug-likeness (QED) is 0.458. The van der Waals surface area contributed by atoms with Gasteiger partial charge in [-0.25, -0.2) is 9.97 Å². The van der Waals surface area contributed by atoms with Crippen molar-refractivity contribution in [2.24, 2.45) is 16.6 Å². The third kappa shape index (κ3) is 5.26. The van der Waals surface area contributed by atoms with Crippen molar-refractivity contribution in [2.45, 2.75) is 66.1 Å². The van der Waals surface area contributed by atoms with Crippen LogP contribution in [0.3, 0.4) is 0 Å². The van der Waals surface area contributed by atoms with Crippen molar-refractivity contribution >= 4 is 39.6 Å². The first-order valence-corrected chi connectivity index (χ1v) is 11.7. The van der Waals surface area contributed by atoms with Crippen LogP contribution in [-0.4, -0.2) is 62.4 Å². The lowest BCUT2D eigenvalue weighted by molar-refractivity contribution is -0.169. The number of carbonyl (C=O) groups is 3. The Hall–Kier alpha value is -2.77. The molecule has 0 aromatic carbocycles. The molecule has 1 amide bonds. The van der Waals surface area contributed by atoms with E-state index >= 15 is 0 Å². The van der Waals surface area contributed by atoms with Crippen LogP contribution in [0, 0.1) is 10.8 Å². The molecule has 3 heterocycles. The lowest BCUT2D eigenvalue weighted by atomic mass is 9.97. The highest BCUT2D eigenvalue weighted by atomic mass is 79.9. The van der Waals surface area contributed by atoms with E-state index in [1.165, 1.54) is 10.9 Å². The average molecular weight is 556 g/mol. The van der Waals surface area contributed by atoms with Crippen molar-refractivity contribution in [1.29, 1.82) is 0 Å². The number of anilines is 1. The van der Waals surface area contributed by atoms with E-state index in [0.29, 0.717) is 0 Å². The number of ether oxygens (including phenoxy) is 3. The summed E-state index contributed by atoms with van der Waals surface area (Å²) in [4.78, 5) is 45.3. The zero-order valence-corrected chi connectivity index (χ0v) is 22.0. The van der Waals surface area contributed by atoms with E-state index in [1.807, 2.05) is 0 Å². The normalized spacial score (nSPS) is 22.9. The van der Waals surface area contributed by atoms with Gasteiger partial charge in [-0.15, -0.1) is 0 Å². The number of halogens is 1. The molecule has 192 valence electrons. The fourth-order valence-corrected chi connectivity index (χ4v) is 3.97. The minimum Gasteiger partial charge on any atom is -0.462 e. The molecule has 0 saturated carbocycles. The number of primary amides is 1. The topological polar surface area (TPSA) is 182 Å². The minimum absolute atomic E-state index is 0.00195. The summed E-state index contributed by atoms with van der Waals surface area (Å²) in [5, 5.41) is 11.2. The van der Waals surface area contributed by atoms with Gasteiger partial charge in [-0.05, 0) is 57.5 Å². The number of hydrogen-bond acceptors (Lipinski definition) is 10. The molecule has 0 bridgehead atoms. The Morgan fingerprint density at radius 3 is 2.31 bits per heavy atom. The molecule has 0 aromatic rings. The summed E-state index contributed by atoms with van der Waals surface area (Å²) in [5.74, 6) is -1.68. The minimum atomic E-state index is -1.40. The summed E-state index contributed by atoms with van der Waals surface area (Å²) >= 11 is 3.20. The van der Waals surface area contributed by atoms with E-state index in [9.17, 15) is 19.5 Å². The molecule has 3 rings (SSSR count). The first kappa shape index (κ1) is 26.8. The van der Waals surface area contributed by atoms with Crippen LogP contribution in [0.1, 0.15) is 58.1 Å². The highest BCUT2D eigenvalue weighted by molar-refractivity contribution is 9.10. The molecule has 3 aliphatic heterocycles. The number of nitrogen functional groups attached to an aromatic ring is 1. The number of amides is 1. The van der Waals surface area contributed by atoms with Gasteiger partial charge in [-0.2, -0.15) is 0 Å². The first-order valence-electron chi connectivity index (χ1n) is 10.9. The molecule has 0 aromatic heterocycles. The number of carbonyl (C=O) groups excluding carboxylic acids is 3. The molecule has 1 fully saturated rings. The van der Waals surface area contributed by atoms with Crippen LogP contribution in [-0.2, 0) is 23.8 Å². The lowest BCUT2D eigenvalue weighted by Crippen LogP contribution is -2.41. The molecule has 0 radical (unpaired) electrons. The molecule has 0 spiro atoms. The van der Waals surface area contributed by atoms with Crippen LogP contribution in [0.4, 0.5) is 5.82 Å². The number of aliphatic hydroxyl groups excluding tert-OH is 1. The zero-order valence-electron chi connectivity index (χ0n) is 20.4. The van der Waals surface area contributed by atoms with Crippen molar-refractivity contribution in [3.63, 3.8) is 0 Å². The fourth-order valence-electron chi connectivity index (χ4n) is 3.41. The summed E-state index contributed by atoms with van der Waals surface area (Å²) < 4.78 is 18.5. The van der Waals surface area contributed by atoms with Gasteiger partial charge in [-0.1, -0.05) is 0 Å². The van der Waals surface area contributed by atoms with Crippen LogP contribution in [0.15, 0.2) is 10.9 Å². The molecule has 0 aliphatic carbocycles. The number of esters is 2. The summed E-state index contributed by atoms with van der Waals surface area (Å²) in [6.45, 7) is 9.82. The summed E-state index contributed by atoms with van der Waals surface area (Å²) in [6.07, 6.45) is -3.45. The van der Waals surface area contributed by atoms with Crippen molar-refractivity contribution in [3.05, 3.63) is 16.5 Å². The van der Waals surface area contributed by atoms with E-state index < -0.39 is 53.2 Å². The molecule has 13 heteroatoms. The van der Waals surface area contributed by atoms with Gasteiger partial charge in [0.1, 0.15) is 41.4 Å². The Labute approximate surface area is 210 Å². The molecule has 3 aliphatic rings. The number of aliphatic hydroxyl groups is 1. The SMILES string of the molecule is CC(C)(C)C(=O)OC[C@@H]1O[C@H](n2cnc(N)c3c(C(N)=O)c(Br)nc2-3)[C@@H](O)[C@@H]1OC(=O)C(C)(C)C. The standard InChI is InChI=1S/C22H30BrN5O7/c1-21(2,3)19(31)33-7-9-13(35-20(32)22(4,5)6)12(29)18(34-9)28-8-26-15(24)11-10(16(25)30)14(23)27-17(11)28/h8-9,12-13,18,29H,7,24H2,1-6H3,(H2,25,30)/t9-,12-,13+,18-/m0/s1. The average Bonchev–Trinajstić information content (AvgIpc) is 3.23. The lowest BCUT2D eigenvalue weighted by Gasteiger charge is -2.26. The predicted molar refractivity (Wildman–Crippen MR) is 127 cm³/mol. The maximum absolute atomic E-state index is 12.6. The number of nitrogens with zero attached hydrogens (tertiary/aromatic N) is 3. The maximum atomic E-state index is 12.6. The van der Waals surface area contributed by atoms with Crippen LogP contribution < -0.4 is 11.5 Å².